The molecule has 188 valence electrons. The van der Waals surface area contributed by atoms with Gasteiger partial charge in [0, 0.05) is 18.3 Å². The number of nitrogens with one attached hydrogen (secondary N) is 1. The fourth-order valence-corrected chi connectivity index (χ4v) is 4.82. The van der Waals surface area contributed by atoms with Gasteiger partial charge in [0.15, 0.2) is 11.4 Å². The van der Waals surface area contributed by atoms with Crippen LogP contribution in [0.3, 0.4) is 0 Å². The van der Waals surface area contributed by atoms with Gasteiger partial charge in [-0.15, -0.1) is 0 Å². The molecule has 1 aromatic heterocycles. The van der Waals surface area contributed by atoms with Gasteiger partial charge in [0.2, 0.25) is 5.43 Å². The summed E-state index contributed by atoms with van der Waals surface area (Å²) in [6.45, 7) is 2.92. The normalized spacial score (nSPS) is 22.6. The number of carbonyl (C=O) groups is 2. The summed E-state index contributed by atoms with van der Waals surface area (Å²) in [6, 6.07) is 1.52. The number of ether oxygens (including phenoxy) is 2. The second-order valence-corrected chi connectivity index (χ2v) is 9.46. The fraction of sp³-hybridized carbons (Fsp3) is 0.458. The lowest BCUT2D eigenvalue weighted by atomic mass is 10.1. The van der Waals surface area contributed by atoms with Crippen LogP contribution in [-0.2, 0) is 11.3 Å². The van der Waals surface area contributed by atoms with Gasteiger partial charge in [0.05, 0.1) is 25.4 Å². The number of esters is 1. The zero-order chi connectivity index (χ0) is 25.6. The Bertz CT molecular complexity index is 1250. The molecule has 2 fully saturated rings. The van der Waals surface area contributed by atoms with Crippen molar-refractivity contribution in [2.24, 2.45) is 11.8 Å². The molecule has 8 nitrogen and oxygen atoms in total. The Labute approximate surface area is 204 Å². The van der Waals surface area contributed by atoms with Gasteiger partial charge in [-0.3, -0.25) is 9.59 Å². The molecule has 0 unspecified atom stereocenters. The Morgan fingerprint density at radius 3 is 2.60 bits per heavy atom. The number of hydrogen-bond donors (Lipinski definition) is 2. The van der Waals surface area contributed by atoms with Crippen LogP contribution in [0, 0.1) is 23.5 Å². The molecule has 2 N–H and O–H groups in total. The van der Waals surface area contributed by atoms with E-state index in [0.29, 0.717) is 6.42 Å². The standard InChI is InChI=1S/C24H25ClF2N2O6/c1-10(2)35-24(33)19-22(34-3)21(31)14(9-29(19)16-7-12-6-13(12)20(16)30)23(32)28-8-11-4-5-15(26)17(25)18(11)27/h4-5,9-10,12-13,16,20,30H,6-8H2,1-3H3,(H,28,32)/t12-,13-,16-,20-/m0/s1. The van der Waals surface area contributed by atoms with Crippen LogP contribution >= 0.6 is 11.6 Å². The molecule has 2 aliphatic carbocycles. The van der Waals surface area contributed by atoms with E-state index in [4.69, 9.17) is 21.1 Å². The van der Waals surface area contributed by atoms with Crippen LogP contribution in [0.25, 0.3) is 0 Å². The van der Waals surface area contributed by atoms with E-state index < -0.39 is 58.0 Å². The van der Waals surface area contributed by atoms with Crippen LogP contribution < -0.4 is 15.5 Å². The third-order valence-electron chi connectivity index (χ3n) is 6.44. The van der Waals surface area contributed by atoms with Crippen LogP contribution in [0.15, 0.2) is 23.1 Å². The first-order chi connectivity index (χ1) is 16.5. The maximum absolute atomic E-state index is 14.2. The van der Waals surface area contributed by atoms with Crippen molar-refractivity contribution in [2.45, 2.75) is 51.5 Å². The molecule has 2 aromatic rings. The Hall–Kier alpha value is -2.98. The first kappa shape index (κ1) is 25.1. The summed E-state index contributed by atoms with van der Waals surface area (Å²) in [6.07, 6.45) is 1.37. The molecule has 1 aromatic carbocycles. The molecule has 4 rings (SSSR count). The van der Waals surface area contributed by atoms with Crippen LogP contribution in [0.1, 0.15) is 59.1 Å². The highest BCUT2D eigenvalue weighted by Crippen LogP contribution is 2.56. The molecule has 1 heterocycles. The highest BCUT2D eigenvalue weighted by atomic mass is 35.5. The van der Waals surface area contributed by atoms with Gasteiger partial charge in [0.25, 0.3) is 5.91 Å². The van der Waals surface area contributed by atoms with E-state index in [9.17, 15) is 28.3 Å². The smallest absolute Gasteiger partial charge is 0.359 e. The summed E-state index contributed by atoms with van der Waals surface area (Å²) in [5.41, 5.74) is -1.51. The Morgan fingerprint density at radius 1 is 1.29 bits per heavy atom. The second-order valence-electron chi connectivity index (χ2n) is 9.09. The number of amides is 1. The molecule has 4 atom stereocenters. The number of pyridine rings is 1. The van der Waals surface area contributed by atoms with Crippen molar-refractivity contribution in [1.82, 2.24) is 9.88 Å². The zero-order valence-electron chi connectivity index (χ0n) is 19.3. The largest absolute Gasteiger partial charge is 0.491 e. The van der Waals surface area contributed by atoms with E-state index in [2.05, 4.69) is 5.32 Å². The molecule has 0 bridgehead atoms. The number of carbonyl (C=O) groups excluding carboxylic acids is 2. The summed E-state index contributed by atoms with van der Waals surface area (Å²) < 4.78 is 39.6. The lowest BCUT2D eigenvalue weighted by Crippen LogP contribution is -2.35. The Morgan fingerprint density at radius 2 is 2.00 bits per heavy atom. The molecule has 2 saturated carbocycles. The topological polar surface area (TPSA) is 107 Å². The third kappa shape index (κ3) is 4.64. The number of aliphatic hydroxyl groups is 1. The van der Waals surface area contributed by atoms with Crippen molar-refractivity contribution in [3.05, 3.63) is 62.0 Å². The lowest BCUT2D eigenvalue weighted by Gasteiger charge is -2.26. The quantitative estimate of drug-likeness (QED) is 0.437. The molecule has 0 radical (unpaired) electrons. The number of aromatic nitrogens is 1. The highest BCUT2D eigenvalue weighted by molar-refractivity contribution is 6.30. The summed E-state index contributed by atoms with van der Waals surface area (Å²) in [4.78, 5) is 39.0. The number of nitrogens with zero attached hydrogens (tertiary/aromatic N) is 1. The lowest BCUT2D eigenvalue weighted by molar-refractivity contribution is 0.0345. The monoisotopic (exact) mass is 510 g/mol. The number of benzene rings is 1. The number of fused-ring (bicyclic) bond motifs is 1. The molecule has 35 heavy (non-hydrogen) atoms. The molecule has 2 aliphatic rings. The van der Waals surface area contributed by atoms with Gasteiger partial charge in [-0.1, -0.05) is 17.7 Å². The highest BCUT2D eigenvalue weighted by Gasteiger charge is 2.54. The summed E-state index contributed by atoms with van der Waals surface area (Å²) >= 11 is 5.59. The van der Waals surface area contributed by atoms with Gasteiger partial charge >= 0.3 is 5.97 Å². The van der Waals surface area contributed by atoms with Gasteiger partial charge in [-0.05, 0) is 44.6 Å². The molecular formula is C24H25ClF2N2O6. The van der Waals surface area contributed by atoms with E-state index in [0.717, 1.165) is 18.6 Å². The predicted molar refractivity (Wildman–Crippen MR) is 122 cm³/mol. The maximum atomic E-state index is 14.2. The molecule has 0 spiro atoms. The van der Waals surface area contributed by atoms with Crippen molar-refractivity contribution in [1.29, 1.82) is 0 Å². The van der Waals surface area contributed by atoms with Gasteiger partial charge in [0.1, 0.15) is 22.2 Å². The van der Waals surface area contributed by atoms with E-state index >= 15 is 0 Å². The minimum Gasteiger partial charge on any atom is -0.491 e. The minimum atomic E-state index is -1.03. The average molecular weight is 511 g/mol. The Balaban J connectivity index is 1.72. The number of methoxy groups -OCH3 is 1. The summed E-state index contributed by atoms with van der Waals surface area (Å²) in [5.74, 6) is -3.68. The molecule has 1 amide bonds. The third-order valence-corrected chi connectivity index (χ3v) is 6.79. The fourth-order valence-electron chi connectivity index (χ4n) is 4.64. The molecule has 0 aliphatic heterocycles. The van der Waals surface area contributed by atoms with Gasteiger partial charge < -0.3 is 24.5 Å². The van der Waals surface area contributed by atoms with Crippen molar-refractivity contribution in [3.63, 3.8) is 0 Å². The van der Waals surface area contributed by atoms with E-state index in [-0.39, 0.29) is 35.2 Å². The van der Waals surface area contributed by atoms with E-state index in [1.807, 2.05) is 0 Å². The number of aliphatic hydroxyl groups excluding tert-OH is 1. The SMILES string of the molecule is COc1c(C(=O)OC(C)C)n([C@H]2C[C@@H]3C[C@@H]3[C@@H]2O)cc(C(=O)NCc2ccc(F)c(Cl)c2F)c1=O. The molecular weight excluding hydrogens is 486 g/mol. The van der Waals surface area contributed by atoms with Crippen LogP contribution in [-0.4, -0.2) is 40.9 Å². The van der Waals surface area contributed by atoms with Gasteiger partial charge in [-0.2, -0.15) is 0 Å². The summed E-state index contributed by atoms with van der Waals surface area (Å²) in [7, 11) is 1.19. The molecule has 11 heteroatoms. The van der Waals surface area contributed by atoms with E-state index in [1.165, 1.54) is 17.9 Å². The Kier molecular flexibility index (Phi) is 6.88. The predicted octanol–water partition coefficient (Wildman–Crippen LogP) is 3.23. The van der Waals surface area contributed by atoms with Crippen LogP contribution in [0.4, 0.5) is 8.78 Å². The van der Waals surface area contributed by atoms with Crippen LogP contribution in [0.5, 0.6) is 5.75 Å². The zero-order valence-corrected chi connectivity index (χ0v) is 20.1. The van der Waals surface area contributed by atoms with Crippen molar-refractivity contribution >= 4 is 23.5 Å². The van der Waals surface area contributed by atoms with Crippen molar-refractivity contribution in [2.75, 3.05) is 7.11 Å². The number of halogens is 3. The maximum Gasteiger partial charge on any atom is 0.359 e. The van der Waals surface area contributed by atoms with Crippen molar-refractivity contribution in [3.8, 4) is 5.75 Å². The second kappa shape index (κ2) is 9.58. The first-order valence-corrected chi connectivity index (χ1v) is 11.6. The molecule has 0 saturated heterocycles. The number of hydrogen-bond acceptors (Lipinski definition) is 6. The van der Waals surface area contributed by atoms with E-state index in [1.54, 1.807) is 13.8 Å². The first-order valence-electron chi connectivity index (χ1n) is 11.2. The average Bonchev–Trinajstić information content (AvgIpc) is 3.51. The summed E-state index contributed by atoms with van der Waals surface area (Å²) in [5, 5.41) is 12.5. The van der Waals surface area contributed by atoms with Crippen LogP contribution in [0.2, 0.25) is 5.02 Å². The number of rotatable bonds is 7. The van der Waals surface area contributed by atoms with Gasteiger partial charge in [-0.25, -0.2) is 13.6 Å². The van der Waals surface area contributed by atoms with Crippen molar-refractivity contribution < 1.29 is 33.0 Å². The minimum absolute atomic E-state index is 0.0829.